The maximum Gasteiger partial charge on any atom is 0.328 e. The van der Waals surface area contributed by atoms with Gasteiger partial charge in [-0.2, -0.15) is 5.26 Å². The molecule has 1 aliphatic rings. The van der Waals surface area contributed by atoms with Gasteiger partial charge in [0.2, 0.25) is 0 Å². The van der Waals surface area contributed by atoms with Gasteiger partial charge in [0.05, 0.1) is 23.9 Å². The van der Waals surface area contributed by atoms with Crippen LogP contribution < -0.4 is 0 Å². The summed E-state index contributed by atoms with van der Waals surface area (Å²) >= 11 is 0. The Balaban J connectivity index is 2.25. The lowest BCUT2D eigenvalue weighted by Gasteiger charge is -2.13. The third-order valence-electron chi connectivity index (χ3n) is 4.28. The van der Waals surface area contributed by atoms with Crippen molar-refractivity contribution in [1.29, 1.82) is 5.26 Å². The summed E-state index contributed by atoms with van der Waals surface area (Å²) in [5.74, 6) is -1.05. The fourth-order valence-corrected chi connectivity index (χ4v) is 3.31. The van der Waals surface area contributed by atoms with Gasteiger partial charge in [0.1, 0.15) is 11.7 Å². The van der Waals surface area contributed by atoms with Crippen molar-refractivity contribution < 1.29 is 14.6 Å². The molecular formula is C18H19N3O3. The number of carbonyl (C=O) groups is 1. The lowest BCUT2D eigenvalue weighted by atomic mass is 10.1. The number of aryl methyl sites for hydroxylation is 2. The van der Waals surface area contributed by atoms with Gasteiger partial charge in [-0.3, -0.25) is 0 Å². The van der Waals surface area contributed by atoms with E-state index in [-0.39, 0.29) is 6.10 Å². The van der Waals surface area contributed by atoms with E-state index in [9.17, 15) is 10.1 Å². The molecular weight excluding hydrogens is 306 g/mol. The molecule has 3 heterocycles. The van der Waals surface area contributed by atoms with Crippen molar-refractivity contribution in [2.45, 2.75) is 39.3 Å². The molecule has 0 bridgehead atoms. The van der Waals surface area contributed by atoms with E-state index in [4.69, 9.17) is 9.84 Å². The number of nitrogens with zero attached hydrogens (tertiary/aromatic N) is 3. The van der Waals surface area contributed by atoms with Crippen molar-refractivity contribution in [3.05, 3.63) is 34.7 Å². The summed E-state index contributed by atoms with van der Waals surface area (Å²) in [5.41, 5.74) is 3.58. The van der Waals surface area contributed by atoms with Crippen LogP contribution in [0.4, 0.5) is 0 Å². The summed E-state index contributed by atoms with van der Waals surface area (Å²) in [6.07, 6.45) is 4.57. The zero-order chi connectivity index (χ0) is 17.3. The van der Waals surface area contributed by atoms with Gasteiger partial charge in [0, 0.05) is 23.8 Å². The van der Waals surface area contributed by atoms with E-state index in [2.05, 4.69) is 11.1 Å². The van der Waals surface area contributed by atoms with Crippen LogP contribution in [0.3, 0.4) is 0 Å². The standard InChI is InChI=1S/C18H19N3O3/c1-11-8-12(2)20-18-17(11)14(9-19)15(5-6-16(22)23)21(18)10-13-4-3-7-24-13/h5-6,8,13H,3-4,7,10H2,1-2H3,(H,22,23). The Morgan fingerprint density at radius 2 is 2.38 bits per heavy atom. The highest BCUT2D eigenvalue weighted by atomic mass is 16.5. The molecule has 124 valence electrons. The van der Waals surface area contributed by atoms with E-state index in [1.807, 2.05) is 24.5 Å². The van der Waals surface area contributed by atoms with Crippen molar-refractivity contribution in [3.8, 4) is 6.07 Å². The summed E-state index contributed by atoms with van der Waals surface area (Å²) < 4.78 is 7.64. The number of aliphatic carboxylic acids is 1. The summed E-state index contributed by atoms with van der Waals surface area (Å²) in [7, 11) is 0. The molecule has 0 saturated carbocycles. The number of carboxylic acid groups (broad SMARTS) is 1. The smallest absolute Gasteiger partial charge is 0.328 e. The molecule has 1 fully saturated rings. The number of pyridine rings is 1. The predicted octanol–water partition coefficient (Wildman–Crippen LogP) is 2.80. The minimum atomic E-state index is -1.05. The average Bonchev–Trinajstić information content (AvgIpc) is 3.12. The van der Waals surface area contributed by atoms with Gasteiger partial charge in [0.15, 0.2) is 0 Å². The molecule has 2 aromatic heterocycles. The van der Waals surface area contributed by atoms with Crippen LogP contribution in [0.15, 0.2) is 12.1 Å². The molecule has 1 unspecified atom stereocenters. The minimum absolute atomic E-state index is 0.0618. The van der Waals surface area contributed by atoms with Crippen LogP contribution in [-0.2, 0) is 16.1 Å². The van der Waals surface area contributed by atoms with Crippen LogP contribution in [0.2, 0.25) is 0 Å². The van der Waals surface area contributed by atoms with Gasteiger partial charge in [-0.1, -0.05) is 0 Å². The number of nitriles is 1. The average molecular weight is 325 g/mol. The zero-order valence-electron chi connectivity index (χ0n) is 13.7. The molecule has 1 aliphatic heterocycles. The zero-order valence-corrected chi connectivity index (χ0v) is 13.7. The van der Waals surface area contributed by atoms with Crippen molar-refractivity contribution in [2.75, 3.05) is 6.61 Å². The second-order valence-corrected chi connectivity index (χ2v) is 6.07. The van der Waals surface area contributed by atoms with Crippen LogP contribution in [0.1, 0.15) is 35.4 Å². The fraction of sp³-hybridized carbons (Fsp3) is 0.389. The minimum Gasteiger partial charge on any atom is -0.478 e. The number of hydrogen-bond donors (Lipinski definition) is 1. The normalized spacial score (nSPS) is 17.6. The van der Waals surface area contributed by atoms with E-state index < -0.39 is 5.97 Å². The second-order valence-electron chi connectivity index (χ2n) is 6.07. The molecule has 1 atom stereocenters. The molecule has 2 aromatic rings. The molecule has 1 saturated heterocycles. The highest BCUT2D eigenvalue weighted by Crippen LogP contribution is 2.30. The maximum atomic E-state index is 10.9. The van der Waals surface area contributed by atoms with Crippen molar-refractivity contribution in [2.24, 2.45) is 0 Å². The largest absolute Gasteiger partial charge is 0.478 e. The molecule has 0 aromatic carbocycles. The van der Waals surface area contributed by atoms with Crippen molar-refractivity contribution >= 4 is 23.1 Å². The summed E-state index contributed by atoms with van der Waals surface area (Å²) in [5, 5.41) is 19.4. The van der Waals surface area contributed by atoms with E-state index in [1.54, 1.807) is 0 Å². The van der Waals surface area contributed by atoms with Crippen LogP contribution in [0.25, 0.3) is 17.1 Å². The fourth-order valence-electron chi connectivity index (χ4n) is 3.31. The molecule has 24 heavy (non-hydrogen) atoms. The van der Waals surface area contributed by atoms with E-state index in [1.165, 1.54) is 6.08 Å². The summed E-state index contributed by atoms with van der Waals surface area (Å²) in [6.45, 7) is 5.15. The Morgan fingerprint density at radius 1 is 1.58 bits per heavy atom. The highest BCUT2D eigenvalue weighted by Gasteiger charge is 2.23. The van der Waals surface area contributed by atoms with E-state index in [0.717, 1.165) is 42.2 Å². The molecule has 0 spiro atoms. The first kappa shape index (κ1) is 16.2. The Hall–Kier alpha value is -2.65. The first-order chi connectivity index (χ1) is 11.5. The van der Waals surface area contributed by atoms with Gasteiger partial charge in [0.25, 0.3) is 0 Å². The number of ether oxygens (including phenoxy) is 1. The van der Waals surface area contributed by atoms with E-state index >= 15 is 0 Å². The topological polar surface area (TPSA) is 88.1 Å². The van der Waals surface area contributed by atoms with Gasteiger partial charge < -0.3 is 14.4 Å². The maximum absolute atomic E-state index is 10.9. The van der Waals surface area contributed by atoms with Crippen LogP contribution in [0.5, 0.6) is 0 Å². The molecule has 0 aliphatic carbocycles. The monoisotopic (exact) mass is 325 g/mol. The summed E-state index contributed by atoms with van der Waals surface area (Å²) in [4.78, 5) is 15.6. The van der Waals surface area contributed by atoms with Crippen LogP contribution >= 0.6 is 0 Å². The van der Waals surface area contributed by atoms with Gasteiger partial charge in [-0.25, -0.2) is 9.78 Å². The SMILES string of the molecule is Cc1cc(C)c2c(C#N)c(C=CC(=O)O)n(CC3CCCO3)c2n1. The number of hydrogen-bond acceptors (Lipinski definition) is 4. The first-order valence-corrected chi connectivity index (χ1v) is 7.94. The highest BCUT2D eigenvalue weighted by molar-refractivity contribution is 5.93. The third-order valence-corrected chi connectivity index (χ3v) is 4.28. The number of rotatable bonds is 4. The molecule has 6 nitrogen and oxygen atoms in total. The quantitative estimate of drug-likeness (QED) is 0.873. The van der Waals surface area contributed by atoms with E-state index in [0.29, 0.717) is 23.4 Å². The van der Waals surface area contributed by atoms with Crippen molar-refractivity contribution in [3.63, 3.8) is 0 Å². The molecule has 6 heteroatoms. The first-order valence-electron chi connectivity index (χ1n) is 7.94. The van der Waals surface area contributed by atoms with Crippen LogP contribution in [-0.4, -0.2) is 33.3 Å². The third kappa shape index (κ3) is 2.91. The molecule has 0 radical (unpaired) electrons. The van der Waals surface area contributed by atoms with Gasteiger partial charge >= 0.3 is 5.97 Å². The number of fused-ring (bicyclic) bond motifs is 1. The van der Waals surface area contributed by atoms with Gasteiger partial charge in [-0.05, 0) is 44.4 Å². The number of aromatic nitrogens is 2. The molecule has 1 N–H and O–H groups in total. The lowest BCUT2D eigenvalue weighted by Crippen LogP contribution is -2.16. The Kier molecular flexibility index (Phi) is 4.36. The number of carboxylic acids is 1. The molecule has 3 rings (SSSR count). The Bertz CT molecular complexity index is 868. The van der Waals surface area contributed by atoms with Crippen LogP contribution in [0, 0.1) is 25.2 Å². The van der Waals surface area contributed by atoms with Crippen molar-refractivity contribution in [1.82, 2.24) is 9.55 Å². The predicted molar refractivity (Wildman–Crippen MR) is 89.6 cm³/mol. The Labute approximate surface area is 140 Å². The van der Waals surface area contributed by atoms with Gasteiger partial charge in [-0.15, -0.1) is 0 Å². The summed E-state index contributed by atoms with van der Waals surface area (Å²) in [6, 6.07) is 4.16. The molecule has 0 amide bonds. The lowest BCUT2D eigenvalue weighted by molar-refractivity contribution is -0.131. The Morgan fingerprint density at radius 3 is 3.00 bits per heavy atom. The second kappa shape index (κ2) is 6.46.